The van der Waals surface area contributed by atoms with E-state index in [1.807, 2.05) is 12.1 Å². The van der Waals surface area contributed by atoms with Gasteiger partial charge in [-0.3, -0.25) is 0 Å². The topological polar surface area (TPSA) is 52.0 Å². The van der Waals surface area contributed by atoms with Crippen LogP contribution >= 0.6 is 0 Å². The maximum Gasteiger partial charge on any atom is 0.0992 e. The molecule has 3 heteroatoms. The van der Waals surface area contributed by atoms with Crippen molar-refractivity contribution in [1.29, 1.82) is 10.5 Å². The van der Waals surface area contributed by atoms with E-state index in [0.29, 0.717) is 34.8 Å². The summed E-state index contributed by atoms with van der Waals surface area (Å²) >= 11 is 0. The lowest BCUT2D eigenvalue weighted by Crippen LogP contribution is -2.01. The van der Waals surface area contributed by atoms with E-state index in [1.165, 1.54) is 44.2 Å². The van der Waals surface area contributed by atoms with Gasteiger partial charge in [-0.1, -0.05) is 110 Å². The van der Waals surface area contributed by atoms with E-state index in [2.05, 4.69) is 139 Å². The van der Waals surface area contributed by atoms with Crippen molar-refractivity contribution in [2.45, 2.75) is 79.1 Å². The zero-order chi connectivity index (χ0) is 33.3. The Labute approximate surface area is 278 Å². The first kappa shape index (κ1) is 30.5. The monoisotopic (exact) mass is 611 g/mol. The molecule has 0 fully saturated rings. The quantitative estimate of drug-likeness (QED) is 0.188. The second-order valence-corrected chi connectivity index (χ2v) is 14.3. The number of fused-ring (bicyclic) bond motifs is 6. The molecule has 0 aliphatic heterocycles. The second kappa shape index (κ2) is 11.3. The van der Waals surface area contributed by atoms with Crippen LogP contribution in [-0.2, 0) is 0 Å². The first-order valence-corrected chi connectivity index (χ1v) is 16.9. The van der Waals surface area contributed by atoms with Crippen LogP contribution in [0.5, 0.6) is 0 Å². The summed E-state index contributed by atoms with van der Waals surface area (Å²) in [7, 11) is 0. The molecule has 5 aromatic carbocycles. The van der Waals surface area contributed by atoms with Crippen LogP contribution in [0.4, 0.5) is 0 Å². The fourth-order valence-electron chi connectivity index (χ4n) is 7.98. The molecule has 47 heavy (non-hydrogen) atoms. The largest absolute Gasteiger partial charge is 0.308 e. The number of nitriles is 2. The molecular weight excluding hydrogens is 571 g/mol. The van der Waals surface area contributed by atoms with Crippen molar-refractivity contribution in [3.63, 3.8) is 0 Å². The summed E-state index contributed by atoms with van der Waals surface area (Å²) in [5, 5.41) is 25.5. The molecule has 0 atom stereocenters. The molecule has 0 saturated heterocycles. The molecule has 0 radical (unpaired) electrons. The zero-order valence-electron chi connectivity index (χ0n) is 28.7. The van der Waals surface area contributed by atoms with E-state index in [-0.39, 0.29) is 0 Å². The van der Waals surface area contributed by atoms with E-state index >= 15 is 0 Å². The zero-order valence-corrected chi connectivity index (χ0v) is 28.7. The Bertz CT molecular complexity index is 2220. The lowest BCUT2D eigenvalue weighted by molar-refractivity contribution is 0.838. The van der Waals surface area contributed by atoms with Crippen LogP contribution in [0.15, 0.2) is 78.9 Å². The van der Waals surface area contributed by atoms with E-state index in [1.54, 1.807) is 0 Å². The third kappa shape index (κ3) is 4.52. The SMILES string of the molecule is CC(C)c1cccc(C(C)C)c1-c1cc(C#N)cc2c1c1cccc3c4c(-c5c(C(C)C)cccc5C(C)C)cc(C#N)cc4n2c13. The number of hydrogen-bond donors (Lipinski definition) is 0. The number of aromatic nitrogens is 1. The van der Waals surface area contributed by atoms with Crippen LogP contribution in [0.1, 0.15) is 112 Å². The number of nitrogens with zero attached hydrogens (tertiary/aromatic N) is 3. The number of hydrogen-bond acceptors (Lipinski definition) is 2. The predicted molar refractivity (Wildman–Crippen MR) is 198 cm³/mol. The highest BCUT2D eigenvalue weighted by atomic mass is 14.9. The summed E-state index contributed by atoms with van der Waals surface area (Å²) in [6.45, 7) is 18.0. The van der Waals surface area contributed by atoms with Gasteiger partial charge in [0.2, 0.25) is 0 Å². The van der Waals surface area contributed by atoms with Gasteiger partial charge in [-0.2, -0.15) is 10.5 Å². The van der Waals surface area contributed by atoms with Crippen LogP contribution in [0.2, 0.25) is 0 Å². The molecule has 0 unspecified atom stereocenters. The van der Waals surface area contributed by atoms with Crippen molar-refractivity contribution in [2.24, 2.45) is 0 Å². The van der Waals surface area contributed by atoms with Gasteiger partial charge in [0.15, 0.2) is 0 Å². The van der Waals surface area contributed by atoms with E-state index in [4.69, 9.17) is 0 Å². The molecule has 0 amide bonds. The Hall–Kier alpha value is -5.12. The summed E-state index contributed by atoms with van der Waals surface area (Å²) < 4.78 is 2.34. The highest BCUT2D eigenvalue weighted by molar-refractivity contribution is 6.28. The molecular formula is C44H41N3. The van der Waals surface area contributed by atoms with Crippen LogP contribution in [0.3, 0.4) is 0 Å². The fourth-order valence-corrected chi connectivity index (χ4v) is 7.98. The molecule has 0 aliphatic carbocycles. The third-order valence-electron chi connectivity index (χ3n) is 10.1. The van der Waals surface area contributed by atoms with Crippen LogP contribution < -0.4 is 0 Å². The van der Waals surface area contributed by atoms with Crippen molar-refractivity contribution < 1.29 is 0 Å². The number of para-hydroxylation sites is 1. The number of benzene rings is 5. The maximum absolute atomic E-state index is 10.4. The Morgan fingerprint density at radius 1 is 0.489 bits per heavy atom. The van der Waals surface area contributed by atoms with Gasteiger partial charge in [0.25, 0.3) is 0 Å². The van der Waals surface area contributed by atoms with Gasteiger partial charge in [0, 0.05) is 21.5 Å². The Kier molecular flexibility index (Phi) is 7.33. The molecule has 0 bridgehead atoms. The highest BCUT2D eigenvalue weighted by Gasteiger charge is 2.27. The average molecular weight is 612 g/mol. The maximum atomic E-state index is 10.4. The molecule has 2 heterocycles. The first-order chi connectivity index (χ1) is 22.6. The van der Waals surface area contributed by atoms with Gasteiger partial charge in [0.05, 0.1) is 39.8 Å². The lowest BCUT2D eigenvalue weighted by Gasteiger charge is -2.21. The highest BCUT2D eigenvalue weighted by Crippen LogP contribution is 2.49. The predicted octanol–water partition coefficient (Wildman–Crippen LogP) is 12.4. The minimum Gasteiger partial charge on any atom is -0.308 e. The average Bonchev–Trinajstić information content (AvgIpc) is 3.58. The van der Waals surface area contributed by atoms with E-state index in [9.17, 15) is 10.5 Å². The van der Waals surface area contributed by atoms with Gasteiger partial charge < -0.3 is 4.40 Å². The summed E-state index contributed by atoms with van der Waals surface area (Å²) in [5.41, 5.74) is 14.3. The fraction of sp³-hybridized carbons (Fsp3) is 0.273. The smallest absolute Gasteiger partial charge is 0.0992 e. The summed E-state index contributed by atoms with van der Waals surface area (Å²) in [5.74, 6) is 1.27. The van der Waals surface area contributed by atoms with Crippen molar-refractivity contribution in [1.82, 2.24) is 4.40 Å². The summed E-state index contributed by atoms with van der Waals surface area (Å²) in [6.07, 6.45) is 0. The molecule has 2 aromatic heterocycles. The normalized spacial score (nSPS) is 12.1. The van der Waals surface area contributed by atoms with Crippen molar-refractivity contribution >= 4 is 38.1 Å². The standard InChI is InChI=1S/C44H41N3/c1-24(2)30-12-9-13-31(25(3)4)40(30)36-18-28(22-45)20-38-42(36)34-16-11-17-35-43-37(19-29(23-46)21-39(43)47(38)44(34)35)41-32(26(5)6)14-10-15-33(41)27(7)8/h9-21,24-27H,1-8H3. The summed E-state index contributed by atoms with van der Waals surface area (Å²) in [6, 6.07) is 33.2. The molecule has 0 spiro atoms. The van der Waals surface area contributed by atoms with Crippen LogP contribution in [-0.4, -0.2) is 4.40 Å². The van der Waals surface area contributed by atoms with E-state index in [0.717, 1.165) is 38.4 Å². The molecule has 0 saturated carbocycles. The molecule has 0 aliphatic rings. The lowest BCUT2D eigenvalue weighted by atomic mass is 9.82. The Balaban J connectivity index is 1.73. The Morgan fingerprint density at radius 2 is 0.830 bits per heavy atom. The van der Waals surface area contributed by atoms with E-state index < -0.39 is 0 Å². The molecule has 7 aromatic rings. The minimum absolute atomic E-state index is 0.318. The Morgan fingerprint density at radius 3 is 1.15 bits per heavy atom. The van der Waals surface area contributed by atoms with Crippen molar-refractivity contribution in [2.75, 3.05) is 0 Å². The van der Waals surface area contributed by atoms with Gasteiger partial charge in [0.1, 0.15) is 0 Å². The van der Waals surface area contributed by atoms with Crippen LogP contribution in [0, 0.1) is 22.7 Å². The molecule has 7 rings (SSSR count). The summed E-state index contributed by atoms with van der Waals surface area (Å²) in [4.78, 5) is 0. The first-order valence-electron chi connectivity index (χ1n) is 16.9. The molecule has 232 valence electrons. The van der Waals surface area contributed by atoms with Gasteiger partial charge in [-0.25, -0.2) is 0 Å². The van der Waals surface area contributed by atoms with Crippen molar-refractivity contribution in [3.8, 4) is 34.4 Å². The van der Waals surface area contributed by atoms with Gasteiger partial charge in [-0.05, 0) is 92.4 Å². The van der Waals surface area contributed by atoms with Gasteiger partial charge >= 0.3 is 0 Å². The third-order valence-corrected chi connectivity index (χ3v) is 10.1. The molecule has 3 nitrogen and oxygen atoms in total. The van der Waals surface area contributed by atoms with Crippen LogP contribution in [0.25, 0.3) is 60.3 Å². The molecule has 0 N–H and O–H groups in total. The minimum atomic E-state index is 0.318. The van der Waals surface area contributed by atoms with Gasteiger partial charge in [-0.15, -0.1) is 0 Å². The van der Waals surface area contributed by atoms with Crippen molar-refractivity contribution in [3.05, 3.63) is 112 Å². The second-order valence-electron chi connectivity index (χ2n) is 14.3. The number of rotatable bonds is 6.